The summed E-state index contributed by atoms with van der Waals surface area (Å²) in [5.74, 6) is -0.297. The molecule has 0 unspecified atom stereocenters. The number of aromatic nitrogens is 4. The summed E-state index contributed by atoms with van der Waals surface area (Å²) >= 11 is 0. The standard InChI is InChI=1S/C15H21N7O3/c1-12-7-14(22(24)25)17-21(12)11-15(23)20-5-3-19(4-6-20)10-13-8-16-18(2)9-13/h7-9H,3-6,10-11H2,1-2H3. The highest BCUT2D eigenvalue weighted by Gasteiger charge is 2.24. The van der Waals surface area contributed by atoms with Gasteiger partial charge in [0.05, 0.1) is 23.1 Å². The van der Waals surface area contributed by atoms with Gasteiger partial charge in [-0.2, -0.15) is 9.78 Å². The number of carbonyl (C=O) groups is 1. The monoisotopic (exact) mass is 347 g/mol. The Balaban J connectivity index is 1.52. The van der Waals surface area contributed by atoms with E-state index in [2.05, 4.69) is 15.1 Å². The van der Waals surface area contributed by atoms with E-state index in [-0.39, 0.29) is 18.3 Å². The van der Waals surface area contributed by atoms with Crippen LogP contribution in [0.5, 0.6) is 0 Å². The van der Waals surface area contributed by atoms with Gasteiger partial charge in [-0.25, -0.2) is 0 Å². The van der Waals surface area contributed by atoms with Crippen molar-refractivity contribution in [2.24, 2.45) is 7.05 Å². The summed E-state index contributed by atoms with van der Waals surface area (Å²) in [5.41, 5.74) is 1.76. The average molecular weight is 347 g/mol. The fraction of sp³-hybridized carbons (Fsp3) is 0.533. The third-order valence-corrected chi connectivity index (χ3v) is 4.33. The van der Waals surface area contributed by atoms with Crippen LogP contribution in [0.25, 0.3) is 0 Å². The molecule has 2 aromatic heterocycles. The third kappa shape index (κ3) is 4.02. The van der Waals surface area contributed by atoms with Gasteiger partial charge in [0.15, 0.2) is 0 Å². The van der Waals surface area contributed by atoms with Gasteiger partial charge in [-0.3, -0.25) is 14.4 Å². The predicted octanol–water partition coefficient (Wildman–Crippen LogP) is 0.178. The lowest BCUT2D eigenvalue weighted by Crippen LogP contribution is -2.49. The summed E-state index contributed by atoms with van der Waals surface area (Å²) in [6.07, 6.45) is 3.84. The van der Waals surface area contributed by atoms with Crippen LogP contribution in [-0.2, 0) is 24.9 Å². The highest BCUT2D eigenvalue weighted by Crippen LogP contribution is 2.12. The second-order valence-electron chi connectivity index (χ2n) is 6.24. The second kappa shape index (κ2) is 7.01. The number of aryl methyl sites for hydroxylation is 2. The molecule has 3 heterocycles. The number of hydrogen-bond donors (Lipinski definition) is 0. The summed E-state index contributed by atoms with van der Waals surface area (Å²) in [6.45, 7) is 5.42. The molecule has 0 spiro atoms. The van der Waals surface area contributed by atoms with E-state index in [1.807, 2.05) is 19.4 Å². The van der Waals surface area contributed by atoms with E-state index < -0.39 is 4.92 Å². The van der Waals surface area contributed by atoms with Gasteiger partial charge in [-0.1, -0.05) is 0 Å². The number of piperazine rings is 1. The number of carbonyl (C=O) groups excluding carboxylic acids is 1. The predicted molar refractivity (Wildman–Crippen MR) is 88.7 cm³/mol. The molecule has 2 aromatic rings. The minimum absolute atomic E-state index is 0.0300. The Hall–Kier alpha value is -2.75. The van der Waals surface area contributed by atoms with Gasteiger partial charge in [0.25, 0.3) is 0 Å². The first-order chi connectivity index (χ1) is 11.9. The van der Waals surface area contributed by atoms with Crippen LogP contribution in [-0.4, -0.2) is 66.4 Å². The van der Waals surface area contributed by atoms with Gasteiger partial charge in [0.1, 0.15) is 6.54 Å². The summed E-state index contributed by atoms with van der Waals surface area (Å²) < 4.78 is 3.17. The van der Waals surface area contributed by atoms with Crippen LogP contribution in [0, 0.1) is 17.0 Å². The van der Waals surface area contributed by atoms with E-state index in [1.165, 1.54) is 10.7 Å². The lowest BCUT2D eigenvalue weighted by molar-refractivity contribution is -0.389. The molecule has 1 amide bonds. The lowest BCUT2D eigenvalue weighted by Gasteiger charge is -2.34. The van der Waals surface area contributed by atoms with Crippen LogP contribution in [0.15, 0.2) is 18.5 Å². The molecule has 0 N–H and O–H groups in total. The van der Waals surface area contributed by atoms with Crippen molar-refractivity contribution in [1.29, 1.82) is 0 Å². The molecule has 0 aromatic carbocycles. The van der Waals surface area contributed by atoms with Gasteiger partial charge < -0.3 is 15.0 Å². The Morgan fingerprint density at radius 3 is 2.60 bits per heavy atom. The van der Waals surface area contributed by atoms with E-state index in [9.17, 15) is 14.9 Å². The zero-order valence-electron chi connectivity index (χ0n) is 14.3. The topological polar surface area (TPSA) is 102 Å². The molecule has 10 heteroatoms. The van der Waals surface area contributed by atoms with E-state index in [4.69, 9.17) is 0 Å². The zero-order valence-corrected chi connectivity index (χ0v) is 14.3. The molecule has 25 heavy (non-hydrogen) atoms. The normalized spacial score (nSPS) is 15.5. The lowest BCUT2D eigenvalue weighted by atomic mass is 10.2. The molecular weight excluding hydrogens is 326 g/mol. The summed E-state index contributed by atoms with van der Waals surface area (Å²) in [6, 6.07) is 1.37. The third-order valence-electron chi connectivity index (χ3n) is 4.33. The van der Waals surface area contributed by atoms with Crippen LogP contribution >= 0.6 is 0 Å². The fourth-order valence-corrected chi connectivity index (χ4v) is 2.94. The van der Waals surface area contributed by atoms with E-state index in [0.29, 0.717) is 18.8 Å². The number of nitrogens with zero attached hydrogens (tertiary/aromatic N) is 7. The van der Waals surface area contributed by atoms with Crippen LogP contribution in [0.2, 0.25) is 0 Å². The molecule has 0 bridgehead atoms. The van der Waals surface area contributed by atoms with Crippen molar-refractivity contribution in [3.05, 3.63) is 39.8 Å². The van der Waals surface area contributed by atoms with Gasteiger partial charge >= 0.3 is 5.82 Å². The Bertz CT molecular complexity index is 774. The van der Waals surface area contributed by atoms with Crippen molar-refractivity contribution < 1.29 is 9.72 Å². The summed E-state index contributed by atoms with van der Waals surface area (Å²) in [7, 11) is 1.89. The minimum Gasteiger partial charge on any atom is -0.358 e. The van der Waals surface area contributed by atoms with Gasteiger partial charge in [-0.05, 0) is 11.8 Å². The zero-order chi connectivity index (χ0) is 18.0. The fourth-order valence-electron chi connectivity index (χ4n) is 2.94. The quantitative estimate of drug-likeness (QED) is 0.565. The number of amides is 1. The molecule has 1 aliphatic heterocycles. The van der Waals surface area contributed by atoms with Crippen molar-refractivity contribution in [3.8, 4) is 0 Å². The molecule has 1 aliphatic rings. The number of nitro groups is 1. The molecule has 0 saturated carbocycles. The summed E-state index contributed by atoms with van der Waals surface area (Å²) in [5, 5.41) is 18.8. The SMILES string of the molecule is Cc1cc([N+](=O)[O-])nn1CC(=O)N1CCN(Cc2cnn(C)c2)CC1. The Morgan fingerprint density at radius 1 is 1.32 bits per heavy atom. The van der Waals surface area contributed by atoms with Crippen LogP contribution in [0.1, 0.15) is 11.3 Å². The van der Waals surface area contributed by atoms with Crippen molar-refractivity contribution >= 4 is 11.7 Å². The number of hydrogen-bond acceptors (Lipinski definition) is 6. The highest BCUT2D eigenvalue weighted by molar-refractivity contribution is 5.76. The van der Waals surface area contributed by atoms with Crippen molar-refractivity contribution in [2.45, 2.75) is 20.0 Å². The van der Waals surface area contributed by atoms with Crippen LogP contribution < -0.4 is 0 Å². The van der Waals surface area contributed by atoms with Crippen LogP contribution in [0.3, 0.4) is 0 Å². The molecule has 1 fully saturated rings. The molecule has 1 saturated heterocycles. The summed E-state index contributed by atoms with van der Waals surface area (Å²) in [4.78, 5) is 26.7. The molecule has 0 aliphatic carbocycles. The first-order valence-electron chi connectivity index (χ1n) is 8.09. The molecule has 10 nitrogen and oxygen atoms in total. The maximum Gasteiger partial charge on any atom is 0.390 e. The van der Waals surface area contributed by atoms with Crippen LogP contribution in [0.4, 0.5) is 5.82 Å². The maximum absolute atomic E-state index is 12.4. The maximum atomic E-state index is 12.4. The van der Waals surface area contributed by atoms with Crippen molar-refractivity contribution in [3.63, 3.8) is 0 Å². The first-order valence-corrected chi connectivity index (χ1v) is 8.09. The Morgan fingerprint density at radius 2 is 2.04 bits per heavy atom. The van der Waals surface area contributed by atoms with E-state index >= 15 is 0 Å². The average Bonchev–Trinajstić information content (AvgIpc) is 3.14. The Kier molecular flexibility index (Phi) is 4.79. The molecule has 3 rings (SSSR count). The molecular formula is C15H21N7O3. The van der Waals surface area contributed by atoms with Gasteiger partial charge in [-0.15, -0.1) is 0 Å². The smallest absolute Gasteiger partial charge is 0.358 e. The largest absolute Gasteiger partial charge is 0.390 e. The van der Waals surface area contributed by atoms with Crippen molar-refractivity contribution in [1.82, 2.24) is 29.4 Å². The molecule has 0 atom stereocenters. The highest BCUT2D eigenvalue weighted by atomic mass is 16.6. The molecule has 134 valence electrons. The first kappa shape index (κ1) is 17.1. The van der Waals surface area contributed by atoms with Crippen molar-refractivity contribution in [2.75, 3.05) is 26.2 Å². The van der Waals surface area contributed by atoms with E-state index in [0.717, 1.165) is 25.2 Å². The van der Waals surface area contributed by atoms with Gasteiger partial charge in [0.2, 0.25) is 5.91 Å². The van der Waals surface area contributed by atoms with Gasteiger partial charge in [0, 0.05) is 51.5 Å². The second-order valence-corrected chi connectivity index (χ2v) is 6.24. The molecule has 0 radical (unpaired) electrons. The van der Waals surface area contributed by atoms with E-state index in [1.54, 1.807) is 16.5 Å². The Labute approximate surface area is 144 Å². The number of rotatable bonds is 5. The minimum atomic E-state index is -0.550.